The van der Waals surface area contributed by atoms with Gasteiger partial charge in [0.15, 0.2) is 0 Å². The zero-order chi connectivity index (χ0) is 24.0. The first-order chi connectivity index (χ1) is 14.5. The van der Waals surface area contributed by atoms with Crippen LogP contribution in [0.1, 0.15) is 59.3 Å². The summed E-state index contributed by atoms with van der Waals surface area (Å²) in [5.41, 5.74) is 22.1. The lowest BCUT2D eigenvalue weighted by atomic mass is 10.0. The highest BCUT2D eigenvalue weighted by molar-refractivity contribution is 5.94. The Morgan fingerprint density at radius 1 is 0.742 bits per heavy atom. The molecule has 0 aromatic carbocycles. The fraction of sp³-hybridized carbons (Fsp3) is 0.800. The molecule has 4 amide bonds. The molecule has 0 aromatic rings. The number of primary amides is 1. The molecule has 0 saturated heterocycles. The fourth-order valence-corrected chi connectivity index (χ4v) is 2.88. The Morgan fingerprint density at radius 3 is 1.77 bits per heavy atom. The molecule has 0 fully saturated rings. The van der Waals surface area contributed by atoms with Crippen LogP contribution in [0.5, 0.6) is 0 Å². The topological polar surface area (TPSA) is 208 Å². The summed E-state index contributed by atoms with van der Waals surface area (Å²) in [6.07, 6.45) is 3.65. The van der Waals surface area contributed by atoms with E-state index in [0.717, 1.165) is 6.42 Å². The summed E-state index contributed by atoms with van der Waals surface area (Å²) >= 11 is 0. The number of carbonyl (C=O) groups excluding carboxylic acids is 4. The zero-order valence-electron chi connectivity index (χ0n) is 19.0. The predicted octanol–water partition coefficient (Wildman–Crippen LogP) is -1.81. The first-order valence-corrected chi connectivity index (χ1v) is 10.9. The third-order valence-corrected chi connectivity index (χ3v) is 4.91. The van der Waals surface area contributed by atoms with E-state index in [1.54, 1.807) is 13.8 Å². The standard InChI is InChI=1S/C20H41N7O4/c1-12(2)16(27-19(30)14(23)8-4-6-10-21)20(31)25-13(3)18(29)26-15(17(24)28)9-5-7-11-22/h12-16H,4-11,21-23H2,1-3H3,(H2,24,28)(H,25,31)(H,26,29)(H,27,30)/t13-,14-,15-,16-/m0/s1. The number of carbonyl (C=O) groups is 4. The van der Waals surface area contributed by atoms with E-state index in [1.807, 2.05) is 0 Å². The summed E-state index contributed by atoms with van der Waals surface area (Å²) in [5.74, 6) is -2.38. The van der Waals surface area contributed by atoms with Crippen LogP contribution in [0.15, 0.2) is 0 Å². The number of hydrogen-bond donors (Lipinski definition) is 7. The SMILES string of the molecule is CC(C)[C@H](NC(=O)[C@@H](N)CCCCN)C(=O)N[C@@H](C)C(=O)N[C@@H](CCCCN)C(N)=O. The van der Waals surface area contributed by atoms with Crippen LogP contribution < -0.4 is 38.9 Å². The minimum Gasteiger partial charge on any atom is -0.368 e. The minimum absolute atomic E-state index is 0.231. The van der Waals surface area contributed by atoms with Gasteiger partial charge >= 0.3 is 0 Å². The van der Waals surface area contributed by atoms with Crippen LogP contribution in [-0.4, -0.2) is 60.9 Å². The van der Waals surface area contributed by atoms with Gasteiger partial charge in [-0.1, -0.05) is 20.3 Å². The molecule has 4 atom stereocenters. The van der Waals surface area contributed by atoms with E-state index < -0.39 is 47.8 Å². The van der Waals surface area contributed by atoms with Gasteiger partial charge in [-0.25, -0.2) is 0 Å². The summed E-state index contributed by atoms with van der Waals surface area (Å²) in [6, 6.07) is -3.38. The van der Waals surface area contributed by atoms with Crippen molar-refractivity contribution in [3.63, 3.8) is 0 Å². The highest BCUT2D eigenvalue weighted by Gasteiger charge is 2.29. The molecule has 11 heteroatoms. The van der Waals surface area contributed by atoms with E-state index in [4.69, 9.17) is 22.9 Å². The van der Waals surface area contributed by atoms with E-state index in [0.29, 0.717) is 45.2 Å². The van der Waals surface area contributed by atoms with Crippen LogP contribution >= 0.6 is 0 Å². The van der Waals surface area contributed by atoms with Crippen molar-refractivity contribution in [1.82, 2.24) is 16.0 Å². The van der Waals surface area contributed by atoms with Crippen molar-refractivity contribution in [1.29, 1.82) is 0 Å². The third kappa shape index (κ3) is 11.7. The average molecular weight is 444 g/mol. The average Bonchev–Trinajstić information content (AvgIpc) is 2.70. The summed E-state index contributed by atoms with van der Waals surface area (Å²) in [6.45, 7) is 6.04. The van der Waals surface area contributed by atoms with Crippen molar-refractivity contribution in [3.05, 3.63) is 0 Å². The monoisotopic (exact) mass is 443 g/mol. The minimum atomic E-state index is -0.930. The van der Waals surface area contributed by atoms with Crippen LogP contribution in [0.3, 0.4) is 0 Å². The van der Waals surface area contributed by atoms with Crippen LogP contribution in [-0.2, 0) is 19.2 Å². The highest BCUT2D eigenvalue weighted by atomic mass is 16.2. The van der Waals surface area contributed by atoms with Crippen molar-refractivity contribution in [2.75, 3.05) is 13.1 Å². The van der Waals surface area contributed by atoms with Gasteiger partial charge in [-0.05, 0) is 58.0 Å². The first-order valence-electron chi connectivity index (χ1n) is 10.9. The van der Waals surface area contributed by atoms with Crippen LogP contribution in [0.25, 0.3) is 0 Å². The van der Waals surface area contributed by atoms with Crippen molar-refractivity contribution in [2.45, 2.75) is 83.5 Å². The van der Waals surface area contributed by atoms with E-state index in [1.165, 1.54) is 6.92 Å². The van der Waals surface area contributed by atoms with Crippen LogP contribution in [0.2, 0.25) is 0 Å². The van der Waals surface area contributed by atoms with Gasteiger partial charge in [0.2, 0.25) is 23.6 Å². The molecule has 0 bridgehead atoms. The predicted molar refractivity (Wildman–Crippen MR) is 119 cm³/mol. The van der Waals surface area contributed by atoms with Gasteiger partial charge in [0.05, 0.1) is 6.04 Å². The normalized spacial score (nSPS) is 14.9. The summed E-state index contributed by atoms with van der Waals surface area (Å²) in [7, 11) is 0. The Balaban J connectivity index is 4.85. The number of nitrogens with one attached hydrogen (secondary N) is 3. The van der Waals surface area contributed by atoms with Crippen molar-refractivity contribution < 1.29 is 19.2 Å². The maximum atomic E-state index is 12.7. The number of unbranched alkanes of at least 4 members (excludes halogenated alkanes) is 2. The van der Waals surface area contributed by atoms with Gasteiger partial charge in [-0.2, -0.15) is 0 Å². The maximum absolute atomic E-state index is 12.7. The van der Waals surface area contributed by atoms with Crippen LogP contribution in [0.4, 0.5) is 0 Å². The molecule has 0 aliphatic carbocycles. The molecule has 0 aromatic heterocycles. The van der Waals surface area contributed by atoms with E-state index >= 15 is 0 Å². The lowest BCUT2D eigenvalue weighted by Gasteiger charge is -2.25. The number of hydrogen-bond acceptors (Lipinski definition) is 7. The van der Waals surface area contributed by atoms with Gasteiger partial charge in [0, 0.05) is 0 Å². The molecule has 0 aliphatic rings. The van der Waals surface area contributed by atoms with Crippen molar-refractivity contribution in [2.24, 2.45) is 28.9 Å². The smallest absolute Gasteiger partial charge is 0.243 e. The molecule has 11 nitrogen and oxygen atoms in total. The van der Waals surface area contributed by atoms with Crippen LogP contribution in [0, 0.1) is 5.92 Å². The Bertz CT molecular complexity index is 586. The molecule has 0 saturated carbocycles. The molecular formula is C20H41N7O4. The molecule has 0 heterocycles. The molecule has 0 aliphatic heterocycles. The molecule has 0 rings (SSSR count). The lowest BCUT2D eigenvalue weighted by Crippen LogP contribution is -2.58. The van der Waals surface area contributed by atoms with E-state index in [2.05, 4.69) is 16.0 Å². The largest absolute Gasteiger partial charge is 0.368 e. The summed E-state index contributed by atoms with van der Waals surface area (Å²) in [5, 5.41) is 7.78. The molecule has 11 N–H and O–H groups in total. The van der Waals surface area contributed by atoms with Crippen molar-refractivity contribution >= 4 is 23.6 Å². The zero-order valence-corrected chi connectivity index (χ0v) is 19.0. The van der Waals surface area contributed by atoms with Gasteiger partial charge in [-0.3, -0.25) is 19.2 Å². The van der Waals surface area contributed by atoms with Gasteiger partial charge in [-0.15, -0.1) is 0 Å². The van der Waals surface area contributed by atoms with Crippen molar-refractivity contribution in [3.8, 4) is 0 Å². The second kappa shape index (κ2) is 15.5. The van der Waals surface area contributed by atoms with Gasteiger partial charge in [0.25, 0.3) is 0 Å². The van der Waals surface area contributed by atoms with E-state index in [9.17, 15) is 19.2 Å². The quantitative estimate of drug-likeness (QED) is 0.136. The Labute approximate surface area is 184 Å². The number of rotatable bonds is 16. The van der Waals surface area contributed by atoms with Gasteiger partial charge in [0.1, 0.15) is 18.1 Å². The molecular weight excluding hydrogens is 402 g/mol. The maximum Gasteiger partial charge on any atom is 0.243 e. The number of nitrogens with two attached hydrogens (primary N) is 4. The Kier molecular flexibility index (Phi) is 14.4. The molecule has 31 heavy (non-hydrogen) atoms. The summed E-state index contributed by atoms with van der Waals surface area (Å²) in [4.78, 5) is 49.0. The number of amides is 4. The highest BCUT2D eigenvalue weighted by Crippen LogP contribution is 2.06. The third-order valence-electron chi connectivity index (χ3n) is 4.91. The van der Waals surface area contributed by atoms with Gasteiger partial charge < -0.3 is 38.9 Å². The molecule has 180 valence electrons. The molecule has 0 radical (unpaired) electrons. The fourth-order valence-electron chi connectivity index (χ4n) is 2.88. The second-order valence-corrected chi connectivity index (χ2v) is 8.10. The Hall–Kier alpha value is -2.24. The summed E-state index contributed by atoms with van der Waals surface area (Å²) < 4.78 is 0. The molecule has 0 unspecified atom stereocenters. The van der Waals surface area contributed by atoms with E-state index in [-0.39, 0.29) is 5.92 Å². The Morgan fingerprint density at radius 2 is 1.29 bits per heavy atom. The molecule has 0 spiro atoms. The first kappa shape index (κ1) is 28.8. The lowest BCUT2D eigenvalue weighted by molar-refractivity contribution is -0.134. The second-order valence-electron chi connectivity index (χ2n) is 8.10.